The smallest absolute Gasteiger partial charge is 0.326 e. The van der Waals surface area contributed by atoms with Gasteiger partial charge >= 0.3 is 11.9 Å². The molecular formula is C73H120N18O18. The van der Waals surface area contributed by atoms with Gasteiger partial charge in [0.1, 0.15) is 72.5 Å². The fourth-order valence-corrected chi connectivity index (χ4v) is 11.9. The number of imidazole rings is 1. The number of H-pyrrole nitrogens is 1. The second-order valence-corrected chi connectivity index (χ2v) is 29.4. The van der Waals surface area contributed by atoms with Crippen LogP contribution in [0.25, 0.3) is 0 Å². The number of nitrogens with zero attached hydrogens (tertiary/aromatic N) is 3. The minimum atomic E-state index is -1.81. The topological polar surface area (TPSA) is 575 Å². The number of hydrogen-bond donors (Lipinski definition) is 19. The number of nitrogens with one attached hydrogen (secondary N) is 12. The van der Waals surface area contributed by atoms with Crippen LogP contribution in [0.5, 0.6) is 0 Å². The third kappa shape index (κ3) is 30.3. The number of hydrogen-bond acceptors (Lipinski definition) is 19. The summed E-state index contributed by atoms with van der Waals surface area (Å²) in [4.78, 5) is 208. The number of likely N-dealkylation sites (tertiary alicyclic amines) is 1. The van der Waals surface area contributed by atoms with E-state index in [9.17, 15) is 87.5 Å². The number of carbonyl (C=O) groups is 14. The molecule has 610 valence electrons. The maximum atomic E-state index is 14.8. The Labute approximate surface area is 636 Å². The van der Waals surface area contributed by atoms with Gasteiger partial charge in [0.2, 0.25) is 70.9 Å². The van der Waals surface area contributed by atoms with Crippen LogP contribution in [0.2, 0.25) is 0 Å². The van der Waals surface area contributed by atoms with Gasteiger partial charge in [0.15, 0.2) is 5.96 Å². The van der Waals surface area contributed by atoms with E-state index in [0.29, 0.717) is 24.1 Å². The number of aromatic nitrogens is 2. The molecule has 0 unspecified atom stereocenters. The van der Waals surface area contributed by atoms with Crippen molar-refractivity contribution < 1.29 is 87.5 Å². The van der Waals surface area contributed by atoms with Crippen molar-refractivity contribution in [3.8, 4) is 0 Å². The number of carboxylic acids is 2. The highest BCUT2D eigenvalue weighted by molar-refractivity contribution is 6.00. The molecule has 1 aromatic heterocycles. The van der Waals surface area contributed by atoms with Crippen LogP contribution < -0.4 is 75.7 Å². The summed E-state index contributed by atoms with van der Waals surface area (Å²) in [6.07, 6.45) is -0.731. The summed E-state index contributed by atoms with van der Waals surface area (Å²) in [5.41, 5.74) is 18.3. The van der Waals surface area contributed by atoms with Gasteiger partial charge in [0.25, 0.3) is 0 Å². The molecule has 0 bridgehead atoms. The Kier molecular flexibility index (Phi) is 39.3. The lowest BCUT2D eigenvalue weighted by atomic mass is 9.94. The van der Waals surface area contributed by atoms with Crippen molar-refractivity contribution in [2.75, 3.05) is 13.1 Å². The normalized spacial score (nSPS) is 17.5. The molecule has 22 N–H and O–H groups in total. The van der Waals surface area contributed by atoms with E-state index >= 15 is 0 Å². The van der Waals surface area contributed by atoms with E-state index in [0.717, 1.165) is 4.90 Å². The minimum Gasteiger partial charge on any atom is -0.481 e. The summed E-state index contributed by atoms with van der Waals surface area (Å²) < 4.78 is 0. The molecule has 0 spiro atoms. The van der Waals surface area contributed by atoms with E-state index < -0.39 is 210 Å². The number of aliphatic carboxylic acids is 2. The predicted molar refractivity (Wildman–Crippen MR) is 402 cm³/mol. The second kappa shape index (κ2) is 45.9. The van der Waals surface area contributed by atoms with Crippen LogP contribution in [-0.2, 0) is 80.0 Å². The molecule has 0 saturated carbocycles. The maximum absolute atomic E-state index is 14.8. The number of aliphatic hydroxyl groups is 2. The highest BCUT2D eigenvalue weighted by Gasteiger charge is 2.44. The van der Waals surface area contributed by atoms with Crippen LogP contribution in [0.3, 0.4) is 0 Å². The number of nitrogens with two attached hydrogens (primary N) is 3. The molecule has 1 aliphatic heterocycles. The molecule has 1 aliphatic rings. The molecule has 0 aliphatic carbocycles. The third-order valence-corrected chi connectivity index (χ3v) is 19.3. The Bertz CT molecular complexity index is 3390. The lowest BCUT2D eigenvalue weighted by molar-refractivity contribution is -0.144. The number of carbonyl (C=O) groups excluding carboxylic acids is 12. The zero-order chi connectivity index (χ0) is 82.3. The molecule has 36 heteroatoms. The zero-order valence-electron chi connectivity index (χ0n) is 65.1. The van der Waals surface area contributed by atoms with E-state index in [1.54, 1.807) is 113 Å². The summed E-state index contributed by atoms with van der Waals surface area (Å²) in [7, 11) is 0. The van der Waals surface area contributed by atoms with Gasteiger partial charge in [-0.1, -0.05) is 133 Å². The lowest BCUT2D eigenvalue weighted by Gasteiger charge is -2.33. The van der Waals surface area contributed by atoms with E-state index in [1.165, 1.54) is 26.4 Å². The molecule has 12 amide bonds. The Morgan fingerprint density at radius 2 is 0.972 bits per heavy atom. The van der Waals surface area contributed by atoms with Gasteiger partial charge in [0, 0.05) is 44.2 Å². The van der Waals surface area contributed by atoms with Crippen molar-refractivity contribution >= 4 is 88.8 Å². The molecule has 1 saturated heterocycles. The first-order valence-corrected chi connectivity index (χ1v) is 37.5. The molecule has 36 nitrogen and oxygen atoms in total. The number of aromatic amines is 1. The maximum Gasteiger partial charge on any atom is 0.326 e. The van der Waals surface area contributed by atoms with E-state index in [1.807, 2.05) is 0 Å². The van der Waals surface area contributed by atoms with Gasteiger partial charge in [-0.3, -0.25) is 67.3 Å². The van der Waals surface area contributed by atoms with Gasteiger partial charge < -0.3 is 106 Å². The van der Waals surface area contributed by atoms with Crippen LogP contribution in [-0.4, -0.2) is 228 Å². The van der Waals surface area contributed by atoms with Crippen molar-refractivity contribution in [1.29, 1.82) is 0 Å². The van der Waals surface area contributed by atoms with Gasteiger partial charge in [-0.15, -0.1) is 0 Å². The molecule has 2 heterocycles. The average Bonchev–Trinajstić information content (AvgIpc) is 1.77. The van der Waals surface area contributed by atoms with Crippen LogP contribution in [0.4, 0.5) is 0 Å². The van der Waals surface area contributed by atoms with Crippen molar-refractivity contribution in [1.82, 2.24) is 73.4 Å². The Morgan fingerprint density at radius 3 is 1.47 bits per heavy atom. The standard InChI is InChI=1S/C73H120N18O18/c1-15-39(10)55(67(103)88-57(72(108)109)41(12)17-3)87-63(99)48(31-36(4)5)84-69(105)58(42(13)92)90-68(104)56(40(11)16-2)86-61(97)47(27-28-52(94)95)81-65(101)51-26-22-30-91(51)71(107)54(38(8)9)85-70(106)59(43(14)93)89-64(100)49(32-44-23-19-18-20-24-44)82-60(96)46(25-21-29-78-73(75)76)80-62(98)50(33-45-34-77-35-79-45)83-66(102)53(74)37(6)7/h18-20,23-24,34-43,46-51,53-59,92-93H,15-17,21-22,25-33,74H2,1-14H3,(H,77,79)(H,80,98)(H,81,101)(H,82,96)(H,83,102)(H,84,105)(H,85,106)(H,86,97)(H,87,99)(H,88,103)(H,89,100)(H,90,104)(H,94,95)(H,108,109)(H4,75,76,78)/t39-,40-,41-,42+,43+,46-,47-,48-,49-,50-,51-,53-,54-,55-,56-,57-,58-,59-/m0/s1. The number of amides is 12. The third-order valence-electron chi connectivity index (χ3n) is 19.3. The predicted octanol–water partition coefficient (Wildman–Crippen LogP) is -1.89. The number of rotatable bonds is 47. The molecule has 0 radical (unpaired) electrons. The van der Waals surface area contributed by atoms with Crippen LogP contribution in [0, 0.1) is 35.5 Å². The van der Waals surface area contributed by atoms with E-state index in [2.05, 4.69) is 73.4 Å². The number of carboxylic acid groups (broad SMARTS) is 2. The summed E-state index contributed by atoms with van der Waals surface area (Å²) in [5.74, 6) is -16.7. The number of benzene rings is 1. The van der Waals surface area contributed by atoms with Crippen molar-refractivity contribution in [2.24, 2.45) is 57.7 Å². The van der Waals surface area contributed by atoms with Crippen molar-refractivity contribution in [3.63, 3.8) is 0 Å². The number of guanidine groups is 1. The zero-order valence-corrected chi connectivity index (χ0v) is 65.1. The fraction of sp³-hybridized carbons (Fsp3) is 0.671. The SMILES string of the molecule is CC[C@H](C)[C@H](NC(=O)[C@@H](NC(=O)[C@H](CC(C)C)NC(=O)[C@@H](NC(=O)[C@@H](NC(=O)[C@H](CCC(=O)O)NC(=O)[C@@H]1CCCN1C(=O)[C@@H](NC(=O)[C@@H](NC(=O)[C@H](Cc1ccccc1)NC(=O)[C@H](CCCN=C(N)N)NC(=O)[C@H](Cc1cnc[nH]1)NC(=O)[C@@H](N)C(C)C)[C@@H](C)O)C(C)C)[C@@H](C)CC)[C@@H](C)O)[C@@H](C)CC)C(=O)O. The first kappa shape index (κ1) is 93.4. The average molecular weight is 1540 g/mol. The second-order valence-electron chi connectivity index (χ2n) is 29.4. The van der Waals surface area contributed by atoms with Gasteiger partial charge in [-0.05, 0) is 93.4 Å². The number of aliphatic hydroxyl groups excluding tert-OH is 2. The molecule has 1 aromatic carbocycles. The molecule has 18 atom stereocenters. The Hall–Kier alpha value is -9.84. The van der Waals surface area contributed by atoms with Gasteiger partial charge in [0.05, 0.1) is 24.6 Å². The first-order valence-electron chi connectivity index (χ1n) is 37.5. The van der Waals surface area contributed by atoms with Crippen LogP contribution in [0.15, 0.2) is 47.8 Å². The summed E-state index contributed by atoms with van der Waals surface area (Å²) in [5, 5.41) is 70.5. The van der Waals surface area contributed by atoms with E-state index in [-0.39, 0.29) is 82.3 Å². The quantitative estimate of drug-likeness (QED) is 0.0196. The summed E-state index contributed by atoms with van der Waals surface area (Å²) in [6, 6.07) is -10.3. The summed E-state index contributed by atoms with van der Waals surface area (Å²) in [6.45, 7) is 22.6. The lowest BCUT2D eigenvalue weighted by Crippen LogP contribution is -2.63. The van der Waals surface area contributed by atoms with Crippen LogP contribution >= 0.6 is 0 Å². The minimum absolute atomic E-state index is 0.000154. The first-order chi connectivity index (χ1) is 51.2. The molecule has 3 rings (SSSR count). The Morgan fingerprint density at radius 1 is 0.532 bits per heavy atom. The van der Waals surface area contributed by atoms with Crippen LogP contribution in [0.1, 0.15) is 172 Å². The van der Waals surface area contributed by atoms with Gasteiger partial charge in [-0.2, -0.15) is 0 Å². The van der Waals surface area contributed by atoms with Crippen molar-refractivity contribution in [2.45, 2.75) is 265 Å². The van der Waals surface area contributed by atoms with Crippen molar-refractivity contribution in [3.05, 3.63) is 54.1 Å². The Balaban J connectivity index is 1.92. The number of aliphatic imine (C=N–C) groups is 1. The molecular weight excluding hydrogens is 1420 g/mol. The van der Waals surface area contributed by atoms with E-state index in [4.69, 9.17) is 17.2 Å². The largest absolute Gasteiger partial charge is 0.481 e. The molecule has 1 fully saturated rings. The monoisotopic (exact) mass is 1540 g/mol. The summed E-state index contributed by atoms with van der Waals surface area (Å²) >= 11 is 0. The molecule has 109 heavy (non-hydrogen) atoms. The highest BCUT2D eigenvalue weighted by Crippen LogP contribution is 2.23. The highest BCUT2D eigenvalue weighted by atomic mass is 16.4. The van der Waals surface area contributed by atoms with Gasteiger partial charge in [-0.25, -0.2) is 9.78 Å². The molecule has 2 aromatic rings. The fourth-order valence-electron chi connectivity index (χ4n) is 11.9.